The maximum atomic E-state index is 13.0. The number of carbonyl (C=O) groups is 2. The predicted molar refractivity (Wildman–Crippen MR) is 136 cm³/mol. The molecule has 5 rings (SSSR count). The van der Waals surface area contributed by atoms with Gasteiger partial charge in [0.25, 0.3) is 11.8 Å². The van der Waals surface area contributed by atoms with Crippen LogP contribution in [0.5, 0.6) is 0 Å². The fourth-order valence-corrected chi connectivity index (χ4v) is 3.70. The second-order valence-electron chi connectivity index (χ2n) is 8.25. The van der Waals surface area contributed by atoms with Crippen LogP contribution in [0, 0.1) is 6.92 Å². The molecule has 7 nitrogen and oxygen atoms in total. The third-order valence-corrected chi connectivity index (χ3v) is 5.65. The smallest absolute Gasteiger partial charge is 0.291 e. The first-order valence-electron chi connectivity index (χ1n) is 11.4. The van der Waals surface area contributed by atoms with Crippen LogP contribution in [-0.2, 0) is 6.54 Å². The van der Waals surface area contributed by atoms with Crippen LogP contribution in [-0.4, -0.2) is 16.8 Å². The van der Waals surface area contributed by atoms with E-state index in [1.165, 1.54) is 6.26 Å². The normalized spacial score (nSPS) is 10.7. The molecule has 0 atom stereocenters. The number of rotatable bonds is 7. The Labute approximate surface area is 207 Å². The lowest BCUT2D eigenvalue weighted by Crippen LogP contribution is -2.23. The van der Waals surface area contributed by atoms with Crippen LogP contribution >= 0.6 is 0 Å². The zero-order valence-corrected chi connectivity index (χ0v) is 19.5. The molecule has 0 aliphatic heterocycles. The van der Waals surface area contributed by atoms with Gasteiger partial charge in [0.2, 0.25) is 5.89 Å². The van der Waals surface area contributed by atoms with Gasteiger partial charge in [0.1, 0.15) is 0 Å². The molecule has 7 heteroatoms. The van der Waals surface area contributed by atoms with E-state index in [2.05, 4.69) is 15.6 Å². The first-order valence-corrected chi connectivity index (χ1v) is 11.4. The summed E-state index contributed by atoms with van der Waals surface area (Å²) in [6.45, 7) is 2.35. The maximum absolute atomic E-state index is 13.0. The fraction of sp³-hybridized carbons (Fsp3) is 0.0690. The zero-order chi connectivity index (χ0) is 24.9. The van der Waals surface area contributed by atoms with Gasteiger partial charge in [-0.05, 0) is 48.9 Å². The summed E-state index contributed by atoms with van der Waals surface area (Å²) in [5.41, 5.74) is 4.68. The minimum Gasteiger partial charge on any atom is -0.459 e. The summed E-state index contributed by atoms with van der Waals surface area (Å²) in [6.07, 6.45) is 3.12. The fourth-order valence-electron chi connectivity index (χ4n) is 3.70. The Balaban J connectivity index is 1.25. The molecule has 0 spiro atoms. The molecule has 5 aromatic rings. The number of aromatic nitrogens is 1. The molecule has 2 amide bonds. The van der Waals surface area contributed by atoms with E-state index >= 15 is 0 Å². The number of anilines is 1. The van der Waals surface area contributed by atoms with Crippen molar-refractivity contribution in [2.45, 2.75) is 13.5 Å². The lowest BCUT2D eigenvalue weighted by Gasteiger charge is -2.09. The lowest BCUT2D eigenvalue weighted by atomic mass is 10.1. The monoisotopic (exact) mass is 477 g/mol. The number of furan rings is 1. The number of hydrogen-bond donors (Lipinski definition) is 2. The Bertz CT molecular complexity index is 1480. The standard InChI is InChI=1S/C29H23N3O4/c1-19-8-12-21(13-9-19)26-18-31-29(36-26)24-6-3-2-5-23(24)27(33)30-17-20-10-14-22(15-11-20)32-28(34)25-7-4-16-35-25/h2-16,18H,17H2,1H3,(H,30,33)(H,32,34). The van der Waals surface area contributed by atoms with Gasteiger partial charge in [-0.3, -0.25) is 9.59 Å². The number of carbonyl (C=O) groups excluding carboxylic acids is 2. The lowest BCUT2D eigenvalue weighted by molar-refractivity contribution is 0.0950. The van der Waals surface area contributed by atoms with Crippen molar-refractivity contribution in [3.63, 3.8) is 0 Å². The highest BCUT2D eigenvalue weighted by atomic mass is 16.4. The highest BCUT2D eigenvalue weighted by Crippen LogP contribution is 2.28. The van der Waals surface area contributed by atoms with Gasteiger partial charge >= 0.3 is 0 Å². The van der Waals surface area contributed by atoms with E-state index in [9.17, 15) is 9.59 Å². The van der Waals surface area contributed by atoms with Crippen molar-refractivity contribution in [3.05, 3.63) is 120 Å². The van der Waals surface area contributed by atoms with Crippen LogP contribution in [0.1, 0.15) is 32.0 Å². The van der Waals surface area contributed by atoms with Crippen molar-refractivity contribution in [3.8, 4) is 22.8 Å². The number of aryl methyl sites for hydroxylation is 1. The highest BCUT2D eigenvalue weighted by molar-refractivity contribution is 6.02. The van der Waals surface area contributed by atoms with Crippen molar-refractivity contribution in [2.24, 2.45) is 0 Å². The first kappa shape index (κ1) is 22.9. The van der Waals surface area contributed by atoms with E-state index in [0.717, 1.165) is 16.7 Å². The van der Waals surface area contributed by atoms with Crippen LogP contribution in [0.15, 0.2) is 106 Å². The molecule has 0 saturated heterocycles. The molecule has 2 heterocycles. The average Bonchev–Trinajstić information content (AvgIpc) is 3.62. The molecule has 36 heavy (non-hydrogen) atoms. The van der Waals surface area contributed by atoms with Gasteiger partial charge in [-0.1, -0.05) is 54.1 Å². The quantitative estimate of drug-likeness (QED) is 0.296. The Hall–Kier alpha value is -4.91. The average molecular weight is 478 g/mol. The van der Waals surface area contributed by atoms with E-state index in [1.807, 2.05) is 55.5 Å². The molecule has 3 aromatic carbocycles. The number of amides is 2. The summed E-state index contributed by atoms with van der Waals surface area (Å²) in [4.78, 5) is 29.5. The third-order valence-electron chi connectivity index (χ3n) is 5.65. The molecule has 0 bridgehead atoms. The van der Waals surface area contributed by atoms with E-state index in [4.69, 9.17) is 8.83 Å². The van der Waals surface area contributed by atoms with E-state index in [1.54, 1.807) is 42.6 Å². The van der Waals surface area contributed by atoms with Gasteiger partial charge in [-0.15, -0.1) is 0 Å². The molecule has 0 radical (unpaired) electrons. The van der Waals surface area contributed by atoms with Crippen LogP contribution in [0.3, 0.4) is 0 Å². The molecule has 0 fully saturated rings. The van der Waals surface area contributed by atoms with E-state index < -0.39 is 0 Å². The summed E-state index contributed by atoms with van der Waals surface area (Å²) >= 11 is 0. The molecule has 0 saturated carbocycles. The Morgan fingerprint density at radius 1 is 0.861 bits per heavy atom. The van der Waals surface area contributed by atoms with Crippen molar-refractivity contribution >= 4 is 17.5 Å². The largest absolute Gasteiger partial charge is 0.459 e. The summed E-state index contributed by atoms with van der Waals surface area (Å²) in [5, 5.41) is 5.71. The number of hydrogen-bond acceptors (Lipinski definition) is 5. The van der Waals surface area contributed by atoms with Crippen LogP contribution in [0.4, 0.5) is 5.69 Å². The number of nitrogens with zero attached hydrogens (tertiary/aromatic N) is 1. The van der Waals surface area contributed by atoms with Crippen LogP contribution in [0.25, 0.3) is 22.8 Å². The molecule has 0 aliphatic rings. The minimum atomic E-state index is -0.324. The number of oxazole rings is 1. The SMILES string of the molecule is Cc1ccc(-c2cnc(-c3ccccc3C(=O)NCc3ccc(NC(=O)c4ccco4)cc3)o2)cc1. The Morgan fingerprint density at radius 3 is 2.39 bits per heavy atom. The molecule has 2 aromatic heterocycles. The summed E-state index contributed by atoms with van der Waals surface area (Å²) < 4.78 is 11.1. The van der Waals surface area contributed by atoms with Gasteiger partial charge in [0.15, 0.2) is 11.5 Å². The van der Waals surface area contributed by atoms with E-state index in [0.29, 0.717) is 35.0 Å². The van der Waals surface area contributed by atoms with Gasteiger partial charge in [-0.2, -0.15) is 0 Å². The summed E-state index contributed by atoms with van der Waals surface area (Å²) in [7, 11) is 0. The van der Waals surface area contributed by atoms with Crippen molar-refractivity contribution in [1.29, 1.82) is 0 Å². The van der Waals surface area contributed by atoms with Crippen molar-refractivity contribution < 1.29 is 18.4 Å². The molecule has 0 aliphatic carbocycles. The van der Waals surface area contributed by atoms with Crippen molar-refractivity contribution in [1.82, 2.24) is 10.3 Å². The van der Waals surface area contributed by atoms with Gasteiger partial charge < -0.3 is 19.5 Å². The Morgan fingerprint density at radius 2 is 1.64 bits per heavy atom. The first-order chi connectivity index (χ1) is 17.6. The minimum absolute atomic E-state index is 0.238. The second-order valence-corrected chi connectivity index (χ2v) is 8.25. The zero-order valence-electron chi connectivity index (χ0n) is 19.5. The van der Waals surface area contributed by atoms with Crippen LogP contribution in [0.2, 0.25) is 0 Å². The second kappa shape index (κ2) is 10.1. The molecule has 2 N–H and O–H groups in total. The third kappa shape index (κ3) is 5.10. The van der Waals surface area contributed by atoms with Crippen molar-refractivity contribution in [2.75, 3.05) is 5.32 Å². The summed E-state index contributed by atoms with van der Waals surface area (Å²) in [5.74, 6) is 0.695. The number of benzene rings is 3. The van der Waals surface area contributed by atoms with Crippen LogP contribution < -0.4 is 10.6 Å². The van der Waals surface area contributed by atoms with Gasteiger partial charge in [0.05, 0.1) is 18.0 Å². The number of nitrogens with one attached hydrogen (secondary N) is 2. The molecule has 178 valence electrons. The highest BCUT2D eigenvalue weighted by Gasteiger charge is 2.17. The Kier molecular flexibility index (Phi) is 6.44. The van der Waals surface area contributed by atoms with Gasteiger partial charge in [0, 0.05) is 23.4 Å². The topological polar surface area (TPSA) is 97.4 Å². The maximum Gasteiger partial charge on any atom is 0.291 e. The van der Waals surface area contributed by atoms with E-state index in [-0.39, 0.29) is 17.6 Å². The molecular weight excluding hydrogens is 454 g/mol. The molecule has 0 unspecified atom stereocenters. The summed E-state index contributed by atoms with van der Waals surface area (Å²) in [6, 6.07) is 25.7. The van der Waals surface area contributed by atoms with Gasteiger partial charge in [-0.25, -0.2) is 4.98 Å². The predicted octanol–water partition coefficient (Wildman–Crippen LogP) is 6.09. The molecular formula is C29H23N3O4.